The van der Waals surface area contributed by atoms with E-state index >= 15 is 0 Å². The van der Waals surface area contributed by atoms with Crippen molar-refractivity contribution in [2.45, 2.75) is 39.7 Å². The molecular formula is C23H24N2O2. The van der Waals surface area contributed by atoms with E-state index in [2.05, 4.69) is 19.2 Å². The fraction of sp³-hybridized carbons (Fsp3) is 0.304. The molecule has 27 heavy (non-hydrogen) atoms. The summed E-state index contributed by atoms with van der Waals surface area (Å²) in [4.78, 5) is 27.8. The summed E-state index contributed by atoms with van der Waals surface area (Å²) in [5, 5.41) is 3.50. The highest BCUT2D eigenvalue weighted by molar-refractivity contribution is 6.05. The summed E-state index contributed by atoms with van der Waals surface area (Å²) in [5.74, 6) is 0.0335. The number of nitrogens with one attached hydrogen (secondary N) is 1. The molecule has 1 amide bonds. The minimum absolute atomic E-state index is 0.0792. The normalized spacial score (nSPS) is 21.1. The summed E-state index contributed by atoms with van der Waals surface area (Å²) in [7, 11) is 0. The second-order valence-corrected chi connectivity index (χ2v) is 8.18. The Morgan fingerprint density at radius 2 is 1.70 bits per heavy atom. The maximum Gasteiger partial charge on any atom is 0.224 e. The van der Waals surface area contributed by atoms with Crippen LogP contribution >= 0.6 is 0 Å². The third-order valence-corrected chi connectivity index (χ3v) is 5.36. The number of fused-ring (bicyclic) bond motifs is 1. The number of nitrogens with zero attached hydrogens (tertiary/aromatic N) is 1. The van der Waals surface area contributed by atoms with Gasteiger partial charge in [0.25, 0.3) is 0 Å². The first-order chi connectivity index (χ1) is 12.9. The second-order valence-electron chi connectivity index (χ2n) is 8.18. The van der Waals surface area contributed by atoms with Gasteiger partial charge in [0.15, 0.2) is 5.78 Å². The lowest BCUT2D eigenvalue weighted by atomic mass is 9.73. The lowest BCUT2D eigenvalue weighted by molar-refractivity contribution is -0.118. The van der Waals surface area contributed by atoms with Crippen molar-refractivity contribution >= 4 is 23.1 Å². The van der Waals surface area contributed by atoms with Crippen LogP contribution in [-0.4, -0.2) is 11.7 Å². The van der Waals surface area contributed by atoms with Crippen molar-refractivity contribution in [2.24, 2.45) is 5.41 Å². The predicted octanol–water partition coefficient (Wildman–Crippen LogP) is 4.85. The van der Waals surface area contributed by atoms with Crippen LogP contribution in [0.5, 0.6) is 0 Å². The molecule has 0 spiro atoms. The molecule has 4 rings (SSSR count). The summed E-state index contributed by atoms with van der Waals surface area (Å²) in [5.41, 5.74) is 4.16. The van der Waals surface area contributed by atoms with Gasteiger partial charge in [-0.25, -0.2) is 0 Å². The van der Waals surface area contributed by atoms with Gasteiger partial charge in [-0.2, -0.15) is 0 Å². The number of rotatable bonds is 1. The van der Waals surface area contributed by atoms with Gasteiger partial charge in [0.05, 0.1) is 17.4 Å². The first kappa shape index (κ1) is 17.5. The van der Waals surface area contributed by atoms with Gasteiger partial charge in [0.1, 0.15) is 0 Å². The van der Waals surface area contributed by atoms with Crippen LogP contribution in [0.1, 0.15) is 45.2 Å². The standard InChI is InChI=1S/C23H24N2O2/c1-15(26)25-19-12-8-7-11-17(19)24-18-13-23(2,3)14-20(27)21(18)22(25)16-9-5-4-6-10-16/h4-12,22,24H,13-14H2,1-3H3/t22-/m1/s1. The smallest absolute Gasteiger partial charge is 0.224 e. The van der Waals surface area contributed by atoms with Crippen molar-refractivity contribution in [3.05, 3.63) is 71.4 Å². The fourth-order valence-corrected chi connectivity index (χ4v) is 4.29. The lowest BCUT2D eigenvalue weighted by Crippen LogP contribution is -2.38. The van der Waals surface area contributed by atoms with Crippen LogP contribution in [0.15, 0.2) is 65.9 Å². The Labute approximate surface area is 159 Å². The maximum atomic E-state index is 13.3. The molecule has 0 radical (unpaired) electrons. The molecule has 4 heteroatoms. The number of hydrogen-bond acceptors (Lipinski definition) is 3. The average molecular weight is 360 g/mol. The van der Waals surface area contributed by atoms with Gasteiger partial charge in [0, 0.05) is 24.6 Å². The molecule has 2 aromatic rings. The average Bonchev–Trinajstić information content (AvgIpc) is 2.75. The number of allylic oxidation sites excluding steroid dienone is 1. The highest BCUT2D eigenvalue weighted by Gasteiger charge is 2.42. The highest BCUT2D eigenvalue weighted by Crippen LogP contribution is 2.48. The van der Waals surface area contributed by atoms with E-state index in [1.165, 1.54) is 0 Å². The molecule has 4 nitrogen and oxygen atoms in total. The van der Waals surface area contributed by atoms with Gasteiger partial charge in [-0.1, -0.05) is 56.3 Å². The van der Waals surface area contributed by atoms with Gasteiger partial charge in [-0.3, -0.25) is 14.5 Å². The Kier molecular flexibility index (Phi) is 4.14. The molecule has 1 N–H and O–H groups in total. The van der Waals surface area contributed by atoms with Crippen molar-refractivity contribution in [2.75, 3.05) is 10.2 Å². The Hall–Kier alpha value is -2.88. The van der Waals surface area contributed by atoms with Crippen molar-refractivity contribution < 1.29 is 9.59 Å². The van der Waals surface area contributed by atoms with Gasteiger partial charge >= 0.3 is 0 Å². The number of hydrogen-bond donors (Lipinski definition) is 1. The minimum atomic E-state index is -0.418. The molecule has 1 aliphatic heterocycles. The Morgan fingerprint density at radius 1 is 1.04 bits per heavy atom. The van der Waals surface area contributed by atoms with Crippen molar-refractivity contribution in [3.8, 4) is 0 Å². The first-order valence-corrected chi connectivity index (χ1v) is 9.34. The lowest BCUT2D eigenvalue weighted by Gasteiger charge is -2.36. The van der Waals surface area contributed by atoms with E-state index in [0.717, 1.165) is 29.1 Å². The van der Waals surface area contributed by atoms with Crippen molar-refractivity contribution in [1.82, 2.24) is 0 Å². The van der Waals surface area contributed by atoms with Crippen molar-refractivity contribution in [1.29, 1.82) is 0 Å². The summed E-state index contributed by atoms with van der Waals surface area (Å²) >= 11 is 0. The minimum Gasteiger partial charge on any atom is -0.357 e. The van der Waals surface area contributed by atoms with E-state index in [9.17, 15) is 9.59 Å². The highest BCUT2D eigenvalue weighted by atomic mass is 16.2. The topological polar surface area (TPSA) is 49.4 Å². The number of carbonyl (C=O) groups excluding carboxylic acids is 2. The Bertz CT molecular complexity index is 944. The summed E-state index contributed by atoms with van der Waals surface area (Å²) in [6.07, 6.45) is 1.26. The largest absolute Gasteiger partial charge is 0.357 e. The molecule has 2 aromatic carbocycles. The number of ketones is 1. The molecule has 1 atom stereocenters. The fourth-order valence-electron chi connectivity index (χ4n) is 4.29. The maximum absolute atomic E-state index is 13.3. The summed E-state index contributed by atoms with van der Waals surface area (Å²) < 4.78 is 0. The van der Waals surface area contributed by atoms with Crippen LogP contribution in [0.2, 0.25) is 0 Å². The van der Waals surface area contributed by atoms with Gasteiger partial charge in [-0.15, -0.1) is 0 Å². The molecule has 0 bridgehead atoms. The zero-order valence-corrected chi connectivity index (χ0v) is 16.0. The molecule has 1 heterocycles. The predicted molar refractivity (Wildman–Crippen MR) is 107 cm³/mol. The molecule has 0 aromatic heterocycles. The van der Waals surface area contributed by atoms with E-state index < -0.39 is 6.04 Å². The number of carbonyl (C=O) groups is 2. The monoisotopic (exact) mass is 360 g/mol. The van der Waals surface area contributed by atoms with Gasteiger partial charge in [-0.05, 0) is 29.5 Å². The van der Waals surface area contributed by atoms with E-state index in [1.807, 2.05) is 54.6 Å². The molecule has 0 saturated heterocycles. The van der Waals surface area contributed by atoms with Crippen LogP contribution in [0, 0.1) is 5.41 Å². The first-order valence-electron chi connectivity index (χ1n) is 9.34. The molecule has 1 aliphatic carbocycles. The molecule has 0 fully saturated rings. The van der Waals surface area contributed by atoms with E-state index in [4.69, 9.17) is 0 Å². The van der Waals surface area contributed by atoms with Crippen LogP contribution in [0.3, 0.4) is 0 Å². The zero-order valence-electron chi connectivity index (χ0n) is 16.0. The number of amides is 1. The van der Waals surface area contributed by atoms with E-state index in [0.29, 0.717) is 12.0 Å². The third-order valence-electron chi connectivity index (χ3n) is 5.36. The van der Waals surface area contributed by atoms with Gasteiger partial charge < -0.3 is 5.32 Å². The third kappa shape index (κ3) is 3.05. The number of para-hydroxylation sites is 2. The second kappa shape index (κ2) is 6.38. The molecule has 2 aliphatic rings. The summed E-state index contributed by atoms with van der Waals surface area (Å²) in [6.45, 7) is 5.80. The molecule has 0 unspecified atom stereocenters. The van der Waals surface area contributed by atoms with Gasteiger partial charge in [0.2, 0.25) is 5.91 Å². The molecule has 138 valence electrons. The number of benzene rings is 2. The van der Waals surface area contributed by atoms with Crippen molar-refractivity contribution in [3.63, 3.8) is 0 Å². The number of Topliss-reactive ketones (excluding diaryl/α,β-unsaturated/α-hetero) is 1. The molecular weight excluding hydrogens is 336 g/mol. The Morgan fingerprint density at radius 3 is 2.41 bits per heavy atom. The number of anilines is 2. The Balaban J connectivity index is 2.01. The molecule has 0 saturated carbocycles. The van der Waals surface area contributed by atoms with E-state index in [-0.39, 0.29) is 17.1 Å². The zero-order chi connectivity index (χ0) is 19.2. The van der Waals surface area contributed by atoms with Crippen LogP contribution in [0.25, 0.3) is 0 Å². The summed E-state index contributed by atoms with van der Waals surface area (Å²) in [6, 6.07) is 17.2. The quantitative estimate of drug-likeness (QED) is 0.791. The van der Waals surface area contributed by atoms with E-state index in [1.54, 1.807) is 11.8 Å². The van der Waals surface area contributed by atoms with Crippen LogP contribution < -0.4 is 10.2 Å². The van der Waals surface area contributed by atoms with Crippen LogP contribution in [0.4, 0.5) is 11.4 Å². The van der Waals surface area contributed by atoms with Crippen LogP contribution in [-0.2, 0) is 9.59 Å². The SMILES string of the molecule is CC(=O)N1c2ccccc2NC2=C(C(=O)CC(C)(C)C2)[C@H]1c1ccccc1.